The van der Waals surface area contributed by atoms with Gasteiger partial charge in [0.15, 0.2) is 0 Å². The second-order valence-corrected chi connectivity index (χ2v) is 9.11. The minimum atomic E-state index is -4.50. The summed E-state index contributed by atoms with van der Waals surface area (Å²) in [6, 6.07) is 8.30. The zero-order valence-corrected chi connectivity index (χ0v) is 20.1. The minimum Gasteiger partial charge on any atom is -0.330 e. The van der Waals surface area contributed by atoms with Crippen LogP contribution in [0.15, 0.2) is 30.3 Å². The van der Waals surface area contributed by atoms with Gasteiger partial charge in [0.2, 0.25) is 0 Å². The molecule has 0 radical (unpaired) electrons. The standard InChI is InChI=1S/C25H25F3N6O/c1-13-10-17(11-16-7-6-14(2)29-21(13)16)24(35)34-9-8-18-22(15(34)3)31-33(5)23(18)19-12-20(25(26,27)28)32(4)30-19/h6-7,10-12,15H,8-9H2,1-5H3. The lowest BCUT2D eigenvalue weighted by molar-refractivity contribution is -0.143. The van der Waals surface area contributed by atoms with Gasteiger partial charge in [0.05, 0.1) is 22.9 Å². The number of pyridine rings is 1. The maximum absolute atomic E-state index is 13.5. The van der Waals surface area contributed by atoms with Crippen molar-refractivity contribution in [1.29, 1.82) is 0 Å². The molecule has 5 rings (SSSR count). The van der Waals surface area contributed by atoms with Crippen molar-refractivity contribution in [3.63, 3.8) is 0 Å². The lowest BCUT2D eigenvalue weighted by Crippen LogP contribution is -2.39. The smallest absolute Gasteiger partial charge is 0.330 e. The van der Waals surface area contributed by atoms with Crippen molar-refractivity contribution in [3.8, 4) is 11.4 Å². The zero-order chi connectivity index (χ0) is 25.2. The number of hydrogen-bond acceptors (Lipinski definition) is 4. The summed E-state index contributed by atoms with van der Waals surface area (Å²) in [4.78, 5) is 19.9. The van der Waals surface area contributed by atoms with E-state index < -0.39 is 11.9 Å². The summed E-state index contributed by atoms with van der Waals surface area (Å²) in [5.41, 5.74) is 4.74. The summed E-state index contributed by atoms with van der Waals surface area (Å²) in [6.07, 6.45) is -4.03. The van der Waals surface area contributed by atoms with Gasteiger partial charge in [-0.2, -0.15) is 23.4 Å². The molecule has 35 heavy (non-hydrogen) atoms. The topological polar surface area (TPSA) is 68.8 Å². The number of rotatable bonds is 2. The third-order valence-corrected chi connectivity index (χ3v) is 6.69. The van der Waals surface area contributed by atoms with Gasteiger partial charge in [-0.05, 0) is 57.0 Å². The number of nitrogens with zero attached hydrogens (tertiary/aromatic N) is 6. The Hall–Kier alpha value is -3.69. The average molecular weight is 483 g/mol. The summed E-state index contributed by atoms with van der Waals surface area (Å²) in [5, 5.41) is 9.61. The molecule has 1 unspecified atom stereocenters. The largest absolute Gasteiger partial charge is 0.433 e. The van der Waals surface area contributed by atoms with Crippen LogP contribution in [0.3, 0.4) is 0 Å². The number of amides is 1. The molecule has 4 heterocycles. The minimum absolute atomic E-state index is 0.113. The Morgan fingerprint density at radius 3 is 2.49 bits per heavy atom. The van der Waals surface area contributed by atoms with Crippen molar-refractivity contribution in [2.45, 2.75) is 39.4 Å². The highest BCUT2D eigenvalue weighted by Gasteiger charge is 2.37. The number of fused-ring (bicyclic) bond motifs is 2. The molecule has 0 N–H and O–H groups in total. The molecular weight excluding hydrogens is 457 g/mol. The van der Waals surface area contributed by atoms with E-state index in [-0.39, 0.29) is 17.6 Å². The summed E-state index contributed by atoms with van der Waals surface area (Å²) in [7, 11) is 2.97. The summed E-state index contributed by atoms with van der Waals surface area (Å²) in [5.74, 6) is -0.113. The highest BCUT2D eigenvalue weighted by molar-refractivity contribution is 5.99. The van der Waals surface area contributed by atoms with Gasteiger partial charge < -0.3 is 4.90 Å². The quantitative estimate of drug-likeness (QED) is 0.413. The summed E-state index contributed by atoms with van der Waals surface area (Å²) < 4.78 is 42.4. The molecule has 0 saturated heterocycles. The number of hydrogen-bond donors (Lipinski definition) is 0. The van der Waals surface area contributed by atoms with E-state index in [1.54, 1.807) is 16.6 Å². The Balaban J connectivity index is 1.50. The molecule has 7 nitrogen and oxygen atoms in total. The molecule has 1 aliphatic heterocycles. The van der Waals surface area contributed by atoms with Gasteiger partial charge >= 0.3 is 6.18 Å². The number of alkyl halides is 3. The normalized spacial score (nSPS) is 16.1. The number of carbonyl (C=O) groups excluding carboxylic acids is 1. The molecule has 1 atom stereocenters. The third kappa shape index (κ3) is 3.77. The van der Waals surface area contributed by atoms with Gasteiger partial charge in [-0.15, -0.1) is 0 Å². The molecule has 4 aromatic rings. The first-order valence-corrected chi connectivity index (χ1v) is 11.3. The predicted molar refractivity (Wildman–Crippen MR) is 125 cm³/mol. The highest BCUT2D eigenvalue weighted by atomic mass is 19.4. The predicted octanol–water partition coefficient (Wildman–Crippen LogP) is 4.76. The lowest BCUT2D eigenvalue weighted by atomic mass is 9.96. The van der Waals surface area contributed by atoms with Crippen LogP contribution in [0.4, 0.5) is 13.2 Å². The van der Waals surface area contributed by atoms with E-state index in [9.17, 15) is 18.0 Å². The van der Waals surface area contributed by atoms with Crippen LogP contribution in [0.2, 0.25) is 0 Å². The van der Waals surface area contributed by atoms with Crippen LogP contribution in [0.25, 0.3) is 22.3 Å². The molecule has 1 aliphatic rings. The first-order valence-electron chi connectivity index (χ1n) is 11.3. The number of aryl methyl sites for hydroxylation is 4. The Labute approximate surface area is 200 Å². The fourth-order valence-corrected chi connectivity index (χ4v) is 4.99. The summed E-state index contributed by atoms with van der Waals surface area (Å²) in [6.45, 7) is 6.19. The molecule has 0 spiro atoms. The van der Waals surface area contributed by atoms with Crippen LogP contribution in [0.5, 0.6) is 0 Å². The second kappa shape index (κ2) is 7.93. The van der Waals surface area contributed by atoms with Crippen molar-refractivity contribution >= 4 is 16.8 Å². The molecule has 3 aromatic heterocycles. The van der Waals surface area contributed by atoms with Gasteiger partial charge in [-0.25, -0.2) is 0 Å². The van der Waals surface area contributed by atoms with Crippen LogP contribution >= 0.6 is 0 Å². The molecule has 1 amide bonds. The second-order valence-electron chi connectivity index (χ2n) is 9.11. The first-order chi connectivity index (χ1) is 16.5. The maximum Gasteiger partial charge on any atom is 0.433 e. The monoisotopic (exact) mass is 482 g/mol. The number of aromatic nitrogens is 5. The van der Waals surface area contributed by atoms with Crippen LogP contribution in [0, 0.1) is 13.8 Å². The van der Waals surface area contributed by atoms with Gasteiger partial charge in [0, 0.05) is 42.8 Å². The third-order valence-electron chi connectivity index (χ3n) is 6.69. The van der Waals surface area contributed by atoms with Crippen LogP contribution in [-0.2, 0) is 26.7 Å². The van der Waals surface area contributed by atoms with Crippen molar-refractivity contribution < 1.29 is 18.0 Å². The Bertz CT molecular complexity index is 1480. The van der Waals surface area contributed by atoms with Gasteiger partial charge in [0.1, 0.15) is 11.4 Å². The van der Waals surface area contributed by atoms with Gasteiger partial charge in [-0.1, -0.05) is 6.07 Å². The van der Waals surface area contributed by atoms with E-state index in [1.165, 1.54) is 7.05 Å². The number of halogens is 3. The fraction of sp³-hybridized carbons (Fsp3) is 0.360. The number of carbonyl (C=O) groups is 1. The van der Waals surface area contributed by atoms with Crippen LogP contribution in [0.1, 0.15) is 51.5 Å². The molecule has 0 aliphatic carbocycles. The first kappa shape index (κ1) is 23.1. The Morgan fingerprint density at radius 1 is 1.06 bits per heavy atom. The zero-order valence-electron chi connectivity index (χ0n) is 20.1. The Kier molecular flexibility index (Phi) is 5.23. The van der Waals surface area contributed by atoms with Crippen molar-refractivity contribution in [2.24, 2.45) is 14.1 Å². The van der Waals surface area contributed by atoms with Crippen LogP contribution < -0.4 is 0 Å². The fourth-order valence-electron chi connectivity index (χ4n) is 4.99. The van der Waals surface area contributed by atoms with E-state index in [0.29, 0.717) is 29.9 Å². The van der Waals surface area contributed by atoms with E-state index in [0.717, 1.165) is 38.5 Å². The molecule has 10 heteroatoms. The van der Waals surface area contributed by atoms with E-state index >= 15 is 0 Å². The maximum atomic E-state index is 13.5. The van der Waals surface area contributed by atoms with Gasteiger partial charge in [0.25, 0.3) is 5.91 Å². The molecule has 182 valence electrons. The summed E-state index contributed by atoms with van der Waals surface area (Å²) >= 11 is 0. The molecule has 0 bridgehead atoms. The van der Waals surface area contributed by atoms with Crippen molar-refractivity contribution in [2.75, 3.05) is 6.54 Å². The highest BCUT2D eigenvalue weighted by Crippen LogP contribution is 2.38. The molecular formula is C25H25F3N6O. The van der Waals surface area contributed by atoms with E-state index in [2.05, 4.69) is 15.2 Å². The van der Waals surface area contributed by atoms with E-state index in [1.807, 2.05) is 45.0 Å². The average Bonchev–Trinajstić information content (AvgIpc) is 3.33. The molecule has 1 aromatic carbocycles. The number of benzene rings is 1. The molecule has 0 fully saturated rings. The molecule has 0 saturated carbocycles. The van der Waals surface area contributed by atoms with Crippen molar-refractivity contribution in [3.05, 3.63) is 64.1 Å². The lowest BCUT2D eigenvalue weighted by Gasteiger charge is -2.33. The van der Waals surface area contributed by atoms with Crippen molar-refractivity contribution in [1.82, 2.24) is 29.4 Å². The Morgan fingerprint density at radius 2 is 1.80 bits per heavy atom. The SMILES string of the molecule is Cc1ccc2cc(C(=O)N3CCc4c(nn(C)c4-c4cc(C(F)(F)F)n(C)n4)C3C)cc(C)c2n1. The van der Waals surface area contributed by atoms with E-state index in [4.69, 9.17) is 0 Å². The van der Waals surface area contributed by atoms with Gasteiger partial charge in [-0.3, -0.25) is 19.1 Å². The van der Waals surface area contributed by atoms with Crippen LogP contribution in [-0.4, -0.2) is 41.9 Å².